The van der Waals surface area contributed by atoms with Crippen LogP contribution in [0.3, 0.4) is 0 Å². The fourth-order valence-electron chi connectivity index (χ4n) is 3.50. The van der Waals surface area contributed by atoms with Crippen LogP contribution in [0, 0.1) is 11.6 Å². The van der Waals surface area contributed by atoms with Gasteiger partial charge in [0.2, 0.25) is 0 Å². The Kier molecular flexibility index (Phi) is 5.13. The number of hydrogen-bond acceptors (Lipinski definition) is 3. The second-order valence-corrected chi connectivity index (χ2v) is 7.72. The van der Waals surface area contributed by atoms with E-state index in [0.717, 1.165) is 21.6 Å². The summed E-state index contributed by atoms with van der Waals surface area (Å²) in [6.07, 6.45) is -1.20. The molecule has 0 unspecified atom stereocenters. The molecule has 0 spiro atoms. The summed E-state index contributed by atoms with van der Waals surface area (Å²) in [6, 6.07) is 8.39. The number of benzene rings is 2. The lowest BCUT2D eigenvalue weighted by Gasteiger charge is -2.38. The Morgan fingerprint density at radius 1 is 1.17 bits per heavy atom. The molecule has 3 rings (SSSR count). The van der Waals surface area contributed by atoms with Gasteiger partial charge >= 0.3 is 6.09 Å². The molecular weight excluding hydrogens is 380 g/mol. The highest BCUT2D eigenvalue weighted by Crippen LogP contribution is 2.29. The zero-order valence-electron chi connectivity index (χ0n) is 16.5. The first-order valence-corrected chi connectivity index (χ1v) is 9.01. The van der Waals surface area contributed by atoms with E-state index in [2.05, 4.69) is 4.98 Å². The van der Waals surface area contributed by atoms with Crippen LogP contribution in [0.4, 0.5) is 13.6 Å². The molecule has 152 valence electrons. The van der Waals surface area contributed by atoms with E-state index in [1.165, 1.54) is 30.3 Å². The van der Waals surface area contributed by atoms with Crippen LogP contribution >= 0.6 is 0 Å². The van der Waals surface area contributed by atoms with Gasteiger partial charge in [0, 0.05) is 5.54 Å². The van der Waals surface area contributed by atoms with Crippen LogP contribution in [0.1, 0.15) is 39.6 Å². The van der Waals surface area contributed by atoms with Gasteiger partial charge < -0.3 is 5.11 Å². The van der Waals surface area contributed by atoms with E-state index < -0.39 is 34.9 Å². The number of nitrogens with zero attached hydrogens (tertiary/aromatic N) is 3. The van der Waals surface area contributed by atoms with Gasteiger partial charge in [0.15, 0.2) is 0 Å². The maximum atomic E-state index is 14.4. The predicted molar refractivity (Wildman–Crippen MR) is 105 cm³/mol. The zero-order valence-corrected chi connectivity index (χ0v) is 16.5. The average Bonchev–Trinajstić information content (AvgIpc) is 2.59. The van der Waals surface area contributed by atoms with Crippen molar-refractivity contribution in [2.75, 3.05) is 0 Å². The number of carbonyl (C=O) groups is 1. The fourth-order valence-corrected chi connectivity index (χ4v) is 3.50. The Balaban J connectivity index is 2.41. The Morgan fingerprint density at radius 3 is 2.41 bits per heavy atom. The fraction of sp³-hybridized carbons (Fsp3) is 0.286. The molecule has 1 atom stereocenters. The summed E-state index contributed by atoms with van der Waals surface area (Å²) in [6.45, 7) is 6.72. The molecule has 0 fully saturated rings. The molecule has 6 nitrogen and oxygen atoms in total. The summed E-state index contributed by atoms with van der Waals surface area (Å²) < 4.78 is 29.3. The maximum absolute atomic E-state index is 14.4. The van der Waals surface area contributed by atoms with Crippen LogP contribution in [0.5, 0.6) is 0 Å². The summed E-state index contributed by atoms with van der Waals surface area (Å²) in [4.78, 5) is 30.7. The van der Waals surface area contributed by atoms with E-state index in [0.29, 0.717) is 0 Å². The van der Waals surface area contributed by atoms with Gasteiger partial charge in [0.05, 0.1) is 17.2 Å². The normalized spacial score (nSPS) is 12.8. The zero-order chi connectivity index (χ0) is 21.5. The second-order valence-electron chi connectivity index (χ2n) is 7.72. The predicted octanol–water partition coefficient (Wildman–Crippen LogP) is 4.50. The summed E-state index contributed by atoms with van der Waals surface area (Å²) in [7, 11) is 0. The van der Waals surface area contributed by atoms with Crippen LogP contribution < -0.4 is 5.56 Å². The van der Waals surface area contributed by atoms with Crippen molar-refractivity contribution in [1.82, 2.24) is 14.5 Å². The minimum atomic E-state index is -1.20. The molecule has 0 bridgehead atoms. The third kappa shape index (κ3) is 3.70. The van der Waals surface area contributed by atoms with Gasteiger partial charge in [-0.15, -0.1) is 0 Å². The molecule has 8 heteroatoms. The number of aromatic nitrogens is 2. The number of fused-ring (bicyclic) bond motifs is 1. The monoisotopic (exact) mass is 401 g/mol. The minimum Gasteiger partial charge on any atom is -0.465 e. The number of amides is 1. The molecule has 1 heterocycles. The van der Waals surface area contributed by atoms with E-state index >= 15 is 0 Å². The van der Waals surface area contributed by atoms with E-state index in [1.807, 2.05) is 0 Å². The van der Waals surface area contributed by atoms with Crippen molar-refractivity contribution in [3.05, 3.63) is 70.3 Å². The van der Waals surface area contributed by atoms with Crippen molar-refractivity contribution < 1.29 is 18.7 Å². The van der Waals surface area contributed by atoms with Crippen LogP contribution in [0.15, 0.2) is 47.3 Å². The Labute approximate surface area is 166 Å². The molecule has 29 heavy (non-hydrogen) atoms. The van der Waals surface area contributed by atoms with Gasteiger partial charge in [-0.1, -0.05) is 12.1 Å². The van der Waals surface area contributed by atoms with E-state index in [9.17, 15) is 23.5 Å². The van der Waals surface area contributed by atoms with Crippen molar-refractivity contribution in [2.45, 2.75) is 39.3 Å². The number of rotatable bonds is 3. The van der Waals surface area contributed by atoms with Crippen molar-refractivity contribution in [1.29, 1.82) is 0 Å². The molecule has 1 aromatic heterocycles. The standard InChI is InChI=1S/C21H21F2N3O3/c1-12(26(20(28)29)21(2,3)4)18-24-16-10-6-9-15(23)17(16)19(27)25(18)14-8-5-7-13(22)11-14/h5-12H,1-4H3,(H,28,29)/t12-/m0/s1. The van der Waals surface area contributed by atoms with Crippen LogP contribution in [-0.2, 0) is 0 Å². The first kappa shape index (κ1) is 20.4. The first-order valence-electron chi connectivity index (χ1n) is 9.01. The maximum Gasteiger partial charge on any atom is 0.408 e. The molecule has 1 amide bonds. The molecular formula is C21H21F2N3O3. The van der Waals surface area contributed by atoms with Crippen LogP contribution in [0.25, 0.3) is 16.6 Å². The number of halogens is 2. The lowest BCUT2D eigenvalue weighted by atomic mass is 10.0. The number of hydrogen-bond donors (Lipinski definition) is 1. The smallest absolute Gasteiger partial charge is 0.408 e. The van der Waals surface area contributed by atoms with Crippen LogP contribution in [0.2, 0.25) is 0 Å². The second kappa shape index (κ2) is 7.27. The molecule has 3 aromatic rings. The Hall–Kier alpha value is -3.29. The van der Waals surface area contributed by atoms with Crippen LogP contribution in [-0.4, -0.2) is 31.2 Å². The SMILES string of the molecule is C[C@@H](c1nc2cccc(F)c2c(=O)n1-c1cccc(F)c1)N(C(=O)O)C(C)(C)C. The highest BCUT2D eigenvalue weighted by Gasteiger charge is 2.34. The molecule has 0 aliphatic rings. The van der Waals surface area contributed by atoms with Crippen molar-refractivity contribution in [3.8, 4) is 5.69 Å². The number of carboxylic acid groups (broad SMARTS) is 1. The molecule has 0 radical (unpaired) electrons. The molecule has 0 aliphatic heterocycles. The first-order chi connectivity index (χ1) is 13.5. The largest absolute Gasteiger partial charge is 0.465 e. The van der Waals surface area contributed by atoms with E-state index in [-0.39, 0.29) is 22.4 Å². The summed E-state index contributed by atoms with van der Waals surface area (Å²) in [5.74, 6) is -1.28. The Morgan fingerprint density at radius 2 is 1.83 bits per heavy atom. The van der Waals surface area contributed by atoms with Gasteiger partial charge in [-0.05, 0) is 58.0 Å². The van der Waals surface area contributed by atoms with Gasteiger partial charge in [-0.2, -0.15) is 0 Å². The summed E-state index contributed by atoms with van der Waals surface area (Å²) in [5, 5.41) is 9.52. The highest BCUT2D eigenvalue weighted by molar-refractivity contribution is 5.79. The molecule has 2 aromatic carbocycles. The van der Waals surface area contributed by atoms with Crippen molar-refractivity contribution in [3.63, 3.8) is 0 Å². The van der Waals surface area contributed by atoms with Gasteiger partial charge in [0.25, 0.3) is 5.56 Å². The highest BCUT2D eigenvalue weighted by atomic mass is 19.1. The third-order valence-electron chi connectivity index (χ3n) is 4.63. The topological polar surface area (TPSA) is 75.4 Å². The molecule has 0 saturated carbocycles. The average molecular weight is 401 g/mol. The molecule has 0 aliphatic carbocycles. The van der Waals surface area contributed by atoms with Gasteiger partial charge in [-0.3, -0.25) is 14.3 Å². The lowest BCUT2D eigenvalue weighted by molar-refractivity contribution is 0.0719. The van der Waals surface area contributed by atoms with E-state index in [4.69, 9.17) is 0 Å². The molecule has 1 N–H and O–H groups in total. The minimum absolute atomic E-state index is 0.0658. The summed E-state index contributed by atoms with van der Waals surface area (Å²) in [5.41, 5.74) is -1.32. The van der Waals surface area contributed by atoms with Crippen molar-refractivity contribution >= 4 is 17.0 Å². The van der Waals surface area contributed by atoms with Gasteiger partial charge in [0.1, 0.15) is 22.8 Å². The lowest BCUT2D eigenvalue weighted by Crippen LogP contribution is -2.47. The third-order valence-corrected chi connectivity index (χ3v) is 4.63. The van der Waals surface area contributed by atoms with Gasteiger partial charge in [-0.25, -0.2) is 18.6 Å². The summed E-state index contributed by atoms with van der Waals surface area (Å²) >= 11 is 0. The van der Waals surface area contributed by atoms with Crippen molar-refractivity contribution in [2.24, 2.45) is 0 Å². The van der Waals surface area contributed by atoms with E-state index in [1.54, 1.807) is 27.7 Å². The quantitative estimate of drug-likeness (QED) is 0.701. The Bertz CT molecular complexity index is 1150. The molecule has 0 saturated heterocycles.